The van der Waals surface area contributed by atoms with Crippen LogP contribution in [0.2, 0.25) is 0 Å². The molecule has 1 N–H and O–H groups in total. The number of hydrogen-bond acceptors (Lipinski definition) is 4. The van der Waals surface area contributed by atoms with Crippen molar-refractivity contribution in [3.8, 4) is 0 Å². The van der Waals surface area contributed by atoms with Crippen molar-refractivity contribution in [3.05, 3.63) is 35.4 Å². The van der Waals surface area contributed by atoms with Gasteiger partial charge >= 0.3 is 0 Å². The van der Waals surface area contributed by atoms with Gasteiger partial charge < -0.3 is 10.2 Å². The van der Waals surface area contributed by atoms with Gasteiger partial charge in [-0.1, -0.05) is 29.8 Å². The van der Waals surface area contributed by atoms with Crippen LogP contribution in [0.15, 0.2) is 24.3 Å². The highest BCUT2D eigenvalue weighted by Crippen LogP contribution is 2.29. The van der Waals surface area contributed by atoms with Crippen molar-refractivity contribution in [2.24, 2.45) is 0 Å². The van der Waals surface area contributed by atoms with Gasteiger partial charge in [-0.25, -0.2) is 0 Å². The second kappa shape index (κ2) is 8.18. The van der Waals surface area contributed by atoms with E-state index < -0.39 is 0 Å². The first kappa shape index (κ1) is 16.8. The van der Waals surface area contributed by atoms with E-state index in [1.165, 1.54) is 16.9 Å². The van der Waals surface area contributed by atoms with Gasteiger partial charge in [0.1, 0.15) is 0 Å². The van der Waals surface area contributed by atoms with Crippen molar-refractivity contribution < 1.29 is 4.79 Å². The fraction of sp³-hybridized carbons (Fsp3) is 0.611. The molecule has 0 aromatic heterocycles. The first-order valence-electron chi connectivity index (χ1n) is 8.61. The lowest BCUT2D eigenvalue weighted by atomic mass is 10.0. The summed E-state index contributed by atoms with van der Waals surface area (Å²) in [6, 6.07) is 9.33. The second-order valence-electron chi connectivity index (χ2n) is 6.42. The molecule has 1 unspecified atom stereocenters. The van der Waals surface area contributed by atoms with Gasteiger partial charge in [-0.05, 0) is 12.5 Å². The summed E-state index contributed by atoms with van der Waals surface area (Å²) in [5, 5.41) is 3.30. The minimum Gasteiger partial charge on any atom is -0.340 e. The molecule has 23 heavy (non-hydrogen) atoms. The largest absolute Gasteiger partial charge is 0.340 e. The van der Waals surface area contributed by atoms with E-state index in [0.29, 0.717) is 18.4 Å². The van der Waals surface area contributed by atoms with E-state index in [1.807, 2.05) is 16.7 Å². The van der Waals surface area contributed by atoms with E-state index in [-0.39, 0.29) is 0 Å². The van der Waals surface area contributed by atoms with Gasteiger partial charge in [0, 0.05) is 63.2 Å². The first-order chi connectivity index (χ1) is 11.2. The second-order valence-corrected chi connectivity index (χ2v) is 7.57. The number of benzene rings is 1. The molecule has 2 fully saturated rings. The van der Waals surface area contributed by atoms with E-state index in [9.17, 15) is 4.79 Å². The summed E-state index contributed by atoms with van der Waals surface area (Å²) in [5.74, 6) is 2.61. The summed E-state index contributed by atoms with van der Waals surface area (Å²) in [5.41, 5.74) is 2.69. The van der Waals surface area contributed by atoms with Crippen LogP contribution in [-0.4, -0.2) is 66.5 Å². The molecule has 1 aromatic rings. The Morgan fingerprint density at radius 2 is 1.96 bits per heavy atom. The number of carbonyl (C=O) groups is 1. The minimum absolute atomic E-state index is 0.312. The molecular weight excluding hydrogens is 306 g/mol. The van der Waals surface area contributed by atoms with Crippen molar-refractivity contribution in [1.29, 1.82) is 0 Å². The third-order valence-electron chi connectivity index (χ3n) is 4.78. The quantitative estimate of drug-likeness (QED) is 0.913. The van der Waals surface area contributed by atoms with E-state index in [0.717, 1.165) is 45.0 Å². The van der Waals surface area contributed by atoms with Crippen LogP contribution < -0.4 is 5.32 Å². The van der Waals surface area contributed by atoms with Gasteiger partial charge in [0.05, 0.1) is 0 Å². The van der Waals surface area contributed by atoms with Crippen LogP contribution in [0.1, 0.15) is 23.6 Å². The molecule has 0 radical (unpaired) electrons. The highest BCUT2D eigenvalue weighted by atomic mass is 32.2. The Balaban J connectivity index is 1.58. The highest BCUT2D eigenvalue weighted by molar-refractivity contribution is 7.99. The number of hydrogen-bond donors (Lipinski definition) is 1. The summed E-state index contributed by atoms with van der Waals surface area (Å²) < 4.78 is 0. The molecule has 0 saturated carbocycles. The molecule has 2 saturated heterocycles. The topological polar surface area (TPSA) is 35.6 Å². The molecule has 2 aliphatic heterocycles. The van der Waals surface area contributed by atoms with Crippen LogP contribution in [0.5, 0.6) is 0 Å². The van der Waals surface area contributed by atoms with Crippen molar-refractivity contribution in [2.75, 3.05) is 50.8 Å². The third kappa shape index (κ3) is 4.49. The predicted molar refractivity (Wildman–Crippen MR) is 96.9 cm³/mol. The number of carbonyl (C=O) groups excluding carboxylic acids is 1. The van der Waals surface area contributed by atoms with Gasteiger partial charge in [-0.15, -0.1) is 0 Å². The van der Waals surface area contributed by atoms with Crippen LogP contribution >= 0.6 is 11.8 Å². The number of nitrogens with zero attached hydrogens (tertiary/aromatic N) is 2. The number of aryl methyl sites for hydroxylation is 1. The maximum absolute atomic E-state index is 12.4. The minimum atomic E-state index is 0.312. The van der Waals surface area contributed by atoms with Gasteiger partial charge in [-0.2, -0.15) is 11.8 Å². The van der Waals surface area contributed by atoms with Crippen molar-refractivity contribution in [1.82, 2.24) is 15.1 Å². The molecule has 126 valence electrons. The van der Waals surface area contributed by atoms with Crippen LogP contribution in [0, 0.1) is 6.92 Å². The summed E-state index contributed by atoms with van der Waals surface area (Å²) in [6.07, 6.45) is 0.646. The molecule has 0 bridgehead atoms. The van der Waals surface area contributed by atoms with E-state index in [1.54, 1.807) is 0 Å². The summed E-state index contributed by atoms with van der Waals surface area (Å²) in [4.78, 5) is 16.9. The number of rotatable bonds is 4. The molecule has 1 aromatic carbocycles. The fourth-order valence-electron chi connectivity index (χ4n) is 3.31. The Kier molecular flexibility index (Phi) is 5.97. The van der Waals surface area contributed by atoms with Crippen molar-refractivity contribution in [3.63, 3.8) is 0 Å². The van der Waals surface area contributed by atoms with Crippen LogP contribution in [0.25, 0.3) is 0 Å². The monoisotopic (exact) mass is 333 g/mol. The molecule has 0 spiro atoms. The number of amides is 1. The van der Waals surface area contributed by atoms with Crippen LogP contribution in [-0.2, 0) is 4.79 Å². The smallest absolute Gasteiger partial charge is 0.223 e. The molecule has 2 heterocycles. The maximum Gasteiger partial charge on any atom is 0.223 e. The van der Waals surface area contributed by atoms with Crippen LogP contribution in [0.3, 0.4) is 0 Å². The molecular formula is C18H27N3OS. The Hall–Kier alpha value is -1.04. The van der Waals surface area contributed by atoms with Crippen molar-refractivity contribution >= 4 is 17.7 Å². The molecule has 2 aliphatic rings. The number of piperazine rings is 1. The highest BCUT2D eigenvalue weighted by Gasteiger charge is 2.25. The van der Waals surface area contributed by atoms with Gasteiger partial charge in [0.2, 0.25) is 5.91 Å². The van der Waals surface area contributed by atoms with Crippen LogP contribution in [0.4, 0.5) is 0 Å². The Bertz CT molecular complexity index is 514. The molecule has 4 nitrogen and oxygen atoms in total. The molecule has 1 amide bonds. The lowest BCUT2D eigenvalue weighted by Gasteiger charge is -2.36. The zero-order valence-electron chi connectivity index (χ0n) is 14.0. The lowest BCUT2D eigenvalue weighted by Crippen LogP contribution is -2.47. The van der Waals surface area contributed by atoms with E-state index in [2.05, 4.69) is 41.4 Å². The van der Waals surface area contributed by atoms with E-state index in [4.69, 9.17) is 0 Å². The summed E-state index contributed by atoms with van der Waals surface area (Å²) in [6.45, 7) is 7.66. The zero-order valence-corrected chi connectivity index (χ0v) is 14.8. The zero-order chi connectivity index (χ0) is 16.1. The molecule has 3 rings (SSSR count). The van der Waals surface area contributed by atoms with E-state index >= 15 is 0 Å². The molecule has 0 aliphatic carbocycles. The first-order valence-corrected chi connectivity index (χ1v) is 9.76. The Morgan fingerprint density at radius 3 is 2.70 bits per heavy atom. The number of thioether (sulfide) groups is 1. The Morgan fingerprint density at radius 1 is 1.22 bits per heavy atom. The normalized spacial score (nSPS) is 23.0. The summed E-state index contributed by atoms with van der Waals surface area (Å²) in [7, 11) is 0. The molecule has 1 atom stereocenters. The van der Waals surface area contributed by atoms with Gasteiger partial charge in [-0.3, -0.25) is 9.69 Å². The summed E-state index contributed by atoms with van der Waals surface area (Å²) >= 11 is 2.02. The SMILES string of the molecule is Cc1ccc(C2CSCCN2CCC(=O)N2CCNCC2)cc1. The lowest BCUT2D eigenvalue weighted by molar-refractivity contribution is -0.132. The molecule has 5 heteroatoms. The van der Waals surface area contributed by atoms with Gasteiger partial charge in [0.15, 0.2) is 0 Å². The maximum atomic E-state index is 12.4. The Labute approximate surface area is 143 Å². The van der Waals surface area contributed by atoms with Crippen molar-refractivity contribution in [2.45, 2.75) is 19.4 Å². The average molecular weight is 334 g/mol. The number of nitrogens with one attached hydrogen (secondary N) is 1. The van der Waals surface area contributed by atoms with Gasteiger partial charge in [0.25, 0.3) is 0 Å². The predicted octanol–water partition coefficient (Wildman–Crippen LogP) is 1.91. The fourth-order valence-corrected chi connectivity index (χ4v) is 4.47. The average Bonchev–Trinajstić information content (AvgIpc) is 2.61. The standard InChI is InChI=1S/C18H27N3OS/c1-15-2-4-16(5-3-15)17-14-23-13-12-20(17)9-6-18(22)21-10-7-19-8-11-21/h2-5,17,19H,6-14H2,1H3. The third-order valence-corrected chi connectivity index (χ3v) is 5.81.